The number of rotatable bonds is 6. The van der Waals surface area contributed by atoms with Crippen molar-refractivity contribution >= 4 is 28.0 Å². The van der Waals surface area contributed by atoms with Crippen LogP contribution in [0.2, 0.25) is 0 Å². The summed E-state index contributed by atoms with van der Waals surface area (Å²) in [6.07, 6.45) is 1.07. The Kier molecular flexibility index (Phi) is 9.33. The number of hydroxylamine groups is 1. The van der Waals surface area contributed by atoms with Crippen LogP contribution in [0.4, 0.5) is 5.69 Å². The molecule has 0 fully saturated rings. The molecule has 13 nitrogen and oxygen atoms in total. The second-order valence-electron chi connectivity index (χ2n) is 5.62. The Hall–Kier alpha value is -3.75. The van der Waals surface area contributed by atoms with Gasteiger partial charge in [0.2, 0.25) is 5.96 Å². The highest BCUT2D eigenvalue weighted by molar-refractivity contribution is 7.85. The standard InChI is InChI=1S/C10H13N5O5.C7H8O3S/c1-19-8-4-3-7(15(17)18)6(9(8)20-2)5-12-13-10(11)14-16;1-6-2-4-7(5-3-6)11(8,9)10/h3-5,16H,1-2H3,(H3,11,13,14);2-5H,1H3,(H,8,9,10). The molecule has 0 saturated carbocycles. The van der Waals surface area contributed by atoms with Gasteiger partial charge in [-0.15, -0.1) is 5.10 Å². The van der Waals surface area contributed by atoms with E-state index in [0.717, 1.165) is 11.8 Å². The third-order valence-electron chi connectivity index (χ3n) is 3.54. The summed E-state index contributed by atoms with van der Waals surface area (Å²) in [5.74, 6) is 0.0683. The molecule has 0 bridgehead atoms. The maximum atomic E-state index is 11.0. The van der Waals surface area contributed by atoms with Gasteiger partial charge in [0.25, 0.3) is 15.8 Å². The summed E-state index contributed by atoms with van der Waals surface area (Å²) >= 11 is 0. The van der Waals surface area contributed by atoms with Gasteiger partial charge in [0.15, 0.2) is 11.5 Å². The molecule has 168 valence electrons. The third kappa shape index (κ3) is 7.54. The summed E-state index contributed by atoms with van der Waals surface area (Å²) in [7, 11) is -1.28. The van der Waals surface area contributed by atoms with Crippen molar-refractivity contribution in [1.82, 2.24) is 5.48 Å². The van der Waals surface area contributed by atoms with Gasteiger partial charge in [0, 0.05) is 6.07 Å². The second-order valence-corrected chi connectivity index (χ2v) is 7.04. The molecule has 0 atom stereocenters. The van der Waals surface area contributed by atoms with Gasteiger partial charge in [-0.2, -0.15) is 13.5 Å². The number of methoxy groups -OCH3 is 2. The fraction of sp³-hybridized carbons (Fsp3) is 0.176. The molecule has 14 heteroatoms. The maximum Gasteiger partial charge on any atom is 0.294 e. The molecule has 0 aliphatic heterocycles. The Bertz CT molecular complexity index is 1070. The number of benzene rings is 2. The van der Waals surface area contributed by atoms with Gasteiger partial charge < -0.3 is 15.2 Å². The lowest BCUT2D eigenvalue weighted by Crippen LogP contribution is -2.27. The first-order chi connectivity index (χ1) is 14.5. The van der Waals surface area contributed by atoms with Crippen LogP contribution in [0.1, 0.15) is 11.1 Å². The van der Waals surface area contributed by atoms with Crippen LogP contribution in [0.15, 0.2) is 51.5 Å². The number of ether oxygens (including phenoxy) is 2. The van der Waals surface area contributed by atoms with Crippen molar-refractivity contribution in [2.24, 2.45) is 15.9 Å². The molecule has 31 heavy (non-hydrogen) atoms. The molecule has 0 amide bonds. The average molecular weight is 455 g/mol. The van der Waals surface area contributed by atoms with Crippen molar-refractivity contribution in [2.45, 2.75) is 11.8 Å². The summed E-state index contributed by atoms with van der Waals surface area (Å²) in [6.45, 7) is 1.84. The summed E-state index contributed by atoms with van der Waals surface area (Å²) in [5, 5.41) is 26.3. The Labute approximate surface area is 177 Å². The van der Waals surface area contributed by atoms with Gasteiger partial charge in [-0.05, 0) is 25.1 Å². The first-order valence-electron chi connectivity index (χ1n) is 8.25. The predicted octanol–water partition coefficient (Wildman–Crippen LogP) is 1.48. The minimum absolute atomic E-state index is 0.0614. The molecule has 0 aliphatic carbocycles. The minimum Gasteiger partial charge on any atom is -0.493 e. The largest absolute Gasteiger partial charge is 0.493 e. The molecule has 2 aromatic rings. The number of guanidine groups is 1. The number of nitrogens with two attached hydrogens (primary N) is 1. The lowest BCUT2D eigenvalue weighted by Gasteiger charge is -2.09. The summed E-state index contributed by atoms with van der Waals surface area (Å²) in [4.78, 5) is 10.3. The highest BCUT2D eigenvalue weighted by Crippen LogP contribution is 2.35. The quantitative estimate of drug-likeness (QED) is 0.163. The highest BCUT2D eigenvalue weighted by atomic mass is 32.2. The van der Waals surface area contributed by atoms with Gasteiger partial charge in [-0.25, -0.2) is 5.48 Å². The van der Waals surface area contributed by atoms with E-state index in [9.17, 15) is 18.5 Å². The van der Waals surface area contributed by atoms with E-state index in [0.29, 0.717) is 5.75 Å². The third-order valence-corrected chi connectivity index (χ3v) is 4.41. The minimum atomic E-state index is -4.02. The zero-order chi connectivity index (χ0) is 23.6. The maximum absolute atomic E-state index is 11.0. The molecule has 0 radical (unpaired) electrons. The fourth-order valence-electron chi connectivity index (χ4n) is 2.11. The number of nitro groups is 1. The van der Waals surface area contributed by atoms with Crippen molar-refractivity contribution in [1.29, 1.82) is 0 Å². The Morgan fingerprint density at radius 1 is 1.19 bits per heavy atom. The number of nitrogens with zero attached hydrogens (tertiary/aromatic N) is 3. The molecule has 2 aromatic carbocycles. The van der Waals surface area contributed by atoms with Crippen molar-refractivity contribution in [2.75, 3.05) is 14.2 Å². The summed E-state index contributed by atoms with van der Waals surface area (Å²) in [5.41, 5.74) is 7.49. The van der Waals surface area contributed by atoms with E-state index in [2.05, 4.69) is 10.2 Å². The number of aryl methyl sites for hydroxylation is 1. The summed E-state index contributed by atoms with van der Waals surface area (Å²) < 4.78 is 39.7. The van der Waals surface area contributed by atoms with E-state index in [1.54, 1.807) is 17.6 Å². The molecule has 2 rings (SSSR count). The van der Waals surface area contributed by atoms with E-state index < -0.39 is 15.0 Å². The number of nitro benzene ring substituents is 1. The van der Waals surface area contributed by atoms with Crippen LogP contribution in [-0.2, 0) is 10.1 Å². The van der Waals surface area contributed by atoms with Crippen LogP contribution in [0.5, 0.6) is 11.5 Å². The summed E-state index contributed by atoms with van der Waals surface area (Å²) in [6, 6.07) is 8.64. The molecular weight excluding hydrogens is 434 g/mol. The monoisotopic (exact) mass is 455 g/mol. The molecule has 0 heterocycles. The van der Waals surface area contributed by atoms with Gasteiger partial charge in [-0.3, -0.25) is 19.9 Å². The van der Waals surface area contributed by atoms with E-state index in [-0.39, 0.29) is 27.9 Å². The fourth-order valence-corrected chi connectivity index (χ4v) is 2.59. The normalized spacial score (nSPS) is 11.5. The van der Waals surface area contributed by atoms with Gasteiger partial charge in [0.05, 0.1) is 30.3 Å². The lowest BCUT2D eigenvalue weighted by atomic mass is 10.1. The molecule has 0 aromatic heterocycles. The van der Waals surface area contributed by atoms with E-state index in [4.69, 9.17) is 25.0 Å². The topological polar surface area (TPSA) is 199 Å². The smallest absolute Gasteiger partial charge is 0.294 e. The first-order valence-corrected chi connectivity index (χ1v) is 9.69. The van der Waals surface area contributed by atoms with Gasteiger partial charge in [-0.1, -0.05) is 17.7 Å². The lowest BCUT2D eigenvalue weighted by molar-refractivity contribution is -0.385. The van der Waals surface area contributed by atoms with Crippen molar-refractivity contribution < 1.29 is 32.6 Å². The zero-order valence-electron chi connectivity index (χ0n) is 16.7. The SMILES string of the molecule is COc1ccc([N+](=O)[O-])c(C=NN=C(N)NO)c1OC.Cc1ccc(S(=O)(=O)O)cc1. The van der Waals surface area contributed by atoms with E-state index in [1.165, 1.54) is 38.5 Å². The van der Waals surface area contributed by atoms with Crippen LogP contribution >= 0.6 is 0 Å². The molecule has 0 saturated heterocycles. The van der Waals surface area contributed by atoms with Crippen LogP contribution in [0, 0.1) is 17.0 Å². The van der Waals surface area contributed by atoms with Crippen LogP contribution in [0.3, 0.4) is 0 Å². The molecule has 5 N–H and O–H groups in total. The van der Waals surface area contributed by atoms with Crippen LogP contribution in [0.25, 0.3) is 0 Å². The number of nitrogens with one attached hydrogen (secondary N) is 1. The number of hydrogen-bond donors (Lipinski definition) is 4. The first kappa shape index (κ1) is 25.3. The Balaban J connectivity index is 0.000000367. The van der Waals surface area contributed by atoms with E-state index >= 15 is 0 Å². The molecule has 0 unspecified atom stereocenters. The highest BCUT2D eigenvalue weighted by Gasteiger charge is 2.21. The zero-order valence-corrected chi connectivity index (χ0v) is 17.5. The van der Waals surface area contributed by atoms with Crippen molar-refractivity contribution in [3.05, 3.63) is 57.6 Å². The van der Waals surface area contributed by atoms with Crippen LogP contribution < -0.4 is 20.7 Å². The molecule has 0 spiro atoms. The second kappa shape index (κ2) is 11.4. The van der Waals surface area contributed by atoms with Crippen LogP contribution in [-0.4, -0.2) is 49.5 Å². The van der Waals surface area contributed by atoms with Gasteiger partial charge in [0.1, 0.15) is 5.56 Å². The van der Waals surface area contributed by atoms with Crippen molar-refractivity contribution in [3.63, 3.8) is 0 Å². The Morgan fingerprint density at radius 2 is 1.81 bits per heavy atom. The number of hydrogen-bond acceptors (Lipinski definition) is 9. The predicted molar refractivity (Wildman–Crippen MR) is 111 cm³/mol. The Morgan fingerprint density at radius 3 is 2.26 bits per heavy atom. The van der Waals surface area contributed by atoms with E-state index in [1.807, 2.05) is 6.92 Å². The van der Waals surface area contributed by atoms with Crippen molar-refractivity contribution in [3.8, 4) is 11.5 Å². The molecular formula is C17H21N5O8S. The van der Waals surface area contributed by atoms with Gasteiger partial charge >= 0.3 is 0 Å². The molecule has 0 aliphatic rings. The average Bonchev–Trinajstić information content (AvgIpc) is 2.72.